The lowest BCUT2D eigenvalue weighted by Gasteiger charge is -2.19. The van der Waals surface area contributed by atoms with E-state index in [0.717, 1.165) is 16.7 Å². The van der Waals surface area contributed by atoms with E-state index in [1.165, 1.54) is 11.7 Å². The van der Waals surface area contributed by atoms with Crippen molar-refractivity contribution < 1.29 is 9.53 Å². The molecule has 0 aliphatic carbocycles. The highest BCUT2D eigenvalue weighted by atomic mass is 35.5. The molecule has 3 aromatic carbocycles. The first kappa shape index (κ1) is 19.9. The monoisotopic (exact) mass is 417 g/mol. The number of aryl methyl sites for hydroxylation is 1. The standard InChI is InChI=1S/C25H20ClNO3/c1-16-8-10-18(11-9-16)22-21-14-19(26)12-13-20(21)24(28)27(23(22)25(29)30-2)15-17-6-4-3-5-7-17/h3-14H,15H2,1-2H3. The van der Waals surface area contributed by atoms with Crippen LogP contribution in [0.15, 0.2) is 77.6 Å². The second-order valence-corrected chi connectivity index (χ2v) is 7.58. The van der Waals surface area contributed by atoms with Crippen molar-refractivity contribution >= 4 is 28.3 Å². The minimum atomic E-state index is -0.569. The first-order chi connectivity index (χ1) is 14.5. The van der Waals surface area contributed by atoms with Crippen LogP contribution in [0.2, 0.25) is 5.02 Å². The number of carbonyl (C=O) groups excluding carboxylic acids is 1. The fourth-order valence-electron chi connectivity index (χ4n) is 3.66. The molecule has 0 fully saturated rings. The van der Waals surface area contributed by atoms with Crippen LogP contribution in [0.3, 0.4) is 0 Å². The Morgan fingerprint density at radius 3 is 2.33 bits per heavy atom. The maximum atomic E-state index is 13.4. The van der Waals surface area contributed by atoms with Crippen molar-refractivity contribution in [1.29, 1.82) is 0 Å². The van der Waals surface area contributed by atoms with Gasteiger partial charge in [0.15, 0.2) is 0 Å². The zero-order valence-corrected chi connectivity index (χ0v) is 17.4. The van der Waals surface area contributed by atoms with Crippen molar-refractivity contribution in [2.75, 3.05) is 7.11 Å². The van der Waals surface area contributed by atoms with Gasteiger partial charge in [-0.15, -0.1) is 0 Å². The Morgan fingerprint density at radius 1 is 0.967 bits per heavy atom. The highest BCUT2D eigenvalue weighted by Gasteiger charge is 2.24. The summed E-state index contributed by atoms with van der Waals surface area (Å²) in [6.07, 6.45) is 0. The van der Waals surface area contributed by atoms with Crippen molar-refractivity contribution in [3.05, 3.63) is 105 Å². The zero-order chi connectivity index (χ0) is 21.3. The molecule has 0 amide bonds. The van der Waals surface area contributed by atoms with Crippen molar-refractivity contribution in [2.24, 2.45) is 0 Å². The number of rotatable bonds is 4. The highest BCUT2D eigenvalue weighted by molar-refractivity contribution is 6.31. The lowest BCUT2D eigenvalue weighted by atomic mass is 9.95. The average molecular weight is 418 g/mol. The first-order valence-corrected chi connectivity index (χ1v) is 9.92. The number of hydrogen-bond donors (Lipinski definition) is 0. The van der Waals surface area contributed by atoms with E-state index in [1.54, 1.807) is 18.2 Å². The van der Waals surface area contributed by atoms with E-state index in [0.29, 0.717) is 21.4 Å². The average Bonchev–Trinajstić information content (AvgIpc) is 2.76. The maximum Gasteiger partial charge on any atom is 0.355 e. The summed E-state index contributed by atoms with van der Waals surface area (Å²) in [6, 6.07) is 22.5. The molecule has 0 aliphatic heterocycles. The fraction of sp³-hybridized carbons (Fsp3) is 0.120. The van der Waals surface area contributed by atoms with Gasteiger partial charge in [-0.2, -0.15) is 0 Å². The Hall–Kier alpha value is -3.37. The van der Waals surface area contributed by atoms with Crippen molar-refractivity contribution in [3.63, 3.8) is 0 Å². The number of pyridine rings is 1. The van der Waals surface area contributed by atoms with Gasteiger partial charge in [0.05, 0.1) is 13.7 Å². The maximum absolute atomic E-state index is 13.4. The van der Waals surface area contributed by atoms with Gasteiger partial charge in [0.1, 0.15) is 5.69 Å². The Balaban J connectivity index is 2.13. The largest absolute Gasteiger partial charge is 0.464 e. The predicted molar refractivity (Wildman–Crippen MR) is 120 cm³/mol. The van der Waals surface area contributed by atoms with E-state index in [9.17, 15) is 9.59 Å². The second kappa shape index (κ2) is 8.17. The molecule has 0 saturated heterocycles. The van der Waals surface area contributed by atoms with Crippen LogP contribution in [0, 0.1) is 6.92 Å². The molecular formula is C25H20ClNO3. The number of fused-ring (bicyclic) bond motifs is 1. The van der Waals surface area contributed by atoms with Crippen molar-refractivity contribution in [3.8, 4) is 11.1 Å². The van der Waals surface area contributed by atoms with E-state index < -0.39 is 5.97 Å². The van der Waals surface area contributed by atoms with Gasteiger partial charge in [-0.25, -0.2) is 4.79 Å². The van der Waals surface area contributed by atoms with E-state index in [1.807, 2.05) is 61.5 Å². The third-order valence-corrected chi connectivity index (χ3v) is 5.37. The van der Waals surface area contributed by atoms with Gasteiger partial charge < -0.3 is 4.74 Å². The molecule has 4 aromatic rings. The van der Waals surface area contributed by atoms with Crippen LogP contribution in [0.1, 0.15) is 21.6 Å². The molecular weight excluding hydrogens is 398 g/mol. The number of ether oxygens (including phenoxy) is 1. The Morgan fingerprint density at radius 2 is 1.67 bits per heavy atom. The molecule has 30 heavy (non-hydrogen) atoms. The third kappa shape index (κ3) is 3.62. The summed E-state index contributed by atoms with van der Waals surface area (Å²) in [7, 11) is 1.32. The van der Waals surface area contributed by atoms with E-state index in [2.05, 4.69) is 0 Å². The summed E-state index contributed by atoms with van der Waals surface area (Å²) < 4.78 is 6.60. The van der Waals surface area contributed by atoms with Crippen LogP contribution in [0.5, 0.6) is 0 Å². The fourth-order valence-corrected chi connectivity index (χ4v) is 3.83. The van der Waals surface area contributed by atoms with Gasteiger partial charge in [0, 0.05) is 16.0 Å². The summed E-state index contributed by atoms with van der Waals surface area (Å²) >= 11 is 6.27. The number of benzene rings is 3. The molecule has 0 atom stereocenters. The molecule has 4 rings (SSSR count). The molecule has 0 bridgehead atoms. The minimum Gasteiger partial charge on any atom is -0.464 e. The Bertz CT molecular complexity index is 1290. The molecule has 0 aliphatic rings. The molecule has 5 heteroatoms. The second-order valence-electron chi connectivity index (χ2n) is 7.15. The number of esters is 1. The number of carbonyl (C=O) groups is 1. The van der Waals surface area contributed by atoms with Gasteiger partial charge in [-0.3, -0.25) is 9.36 Å². The lowest BCUT2D eigenvalue weighted by Crippen LogP contribution is -2.28. The van der Waals surface area contributed by atoms with Crippen LogP contribution in [-0.2, 0) is 11.3 Å². The van der Waals surface area contributed by atoms with E-state index >= 15 is 0 Å². The lowest BCUT2D eigenvalue weighted by molar-refractivity contribution is 0.0588. The molecule has 0 spiro atoms. The summed E-state index contributed by atoms with van der Waals surface area (Å²) in [5, 5.41) is 1.62. The van der Waals surface area contributed by atoms with Gasteiger partial charge in [-0.05, 0) is 41.6 Å². The summed E-state index contributed by atoms with van der Waals surface area (Å²) in [5.74, 6) is -0.569. The quantitative estimate of drug-likeness (QED) is 0.414. The number of aromatic nitrogens is 1. The molecule has 0 radical (unpaired) electrons. The SMILES string of the molecule is COC(=O)c1c(-c2ccc(C)cc2)c2cc(Cl)ccc2c(=O)n1Cc1ccccc1. The Labute approximate surface area is 179 Å². The summed E-state index contributed by atoms with van der Waals surface area (Å²) in [5.41, 5.74) is 3.41. The van der Waals surface area contributed by atoms with Gasteiger partial charge in [0.2, 0.25) is 0 Å². The topological polar surface area (TPSA) is 48.3 Å². The highest BCUT2D eigenvalue weighted by Crippen LogP contribution is 2.33. The zero-order valence-electron chi connectivity index (χ0n) is 16.7. The number of nitrogens with zero attached hydrogens (tertiary/aromatic N) is 1. The van der Waals surface area contributed by atoms with E-state index in [4.69, 9.17) is 16.3 Å². The predicted octanol–water partition coefficient (Wildman–Crippen LogP) is 5.47. The van der Waals surface area contributed by atoms with Crippen LogP contribution < -0.4 is 5.56 Å². The normalized spacial score (nSPS) is 10.9. The van der Waals surface area contributed by atoms with Crippen LogP contribution >= 0.6 is 11.6 Å². The van der Waals surface area contributed by atoms with Crippen molar-refractivity contribution in [2.45, 2.75) is 13.5 Å². The van der Waals surface area contributed by atoms with Gasteiger partial charge in [0.25, 0.3) is 5.56 Å². The Kier molecular flexibility index (Phi) is 5.42. The minimum absolute atomic E-state index is 0.213. The summed E-state index contributed by atoms with van der Waals surface area (Å²) in [6.45, 7) is 2.25. The molecule has 4 nitrogen and oxygen atoms in total. The van der Waals surface area contributed by atoms with Crippen LogP contribution in [-0.4, -0.2) is 17.6 Å². The van der Waals surface area contributed by atoms with Crippen molar-refractivity contribution in [1.82, 2.24) is 4.57 Å². The third-order valence-electron chi connectivity index (χ3n) is 5.14. The van der Waals surface area contributed by atoms with Gasteiger partial charge in [-0.1, -0.05) is 71.8 Å². The van der Waals surface area contributed by atoms with E-state index in [-0.39, 0.29) is 17.8 Å². The molecule has 1 aromatic heterocycles. The van der Waals surface area contributed by atoms with Gasteiger partial charge >= 0.3 is 5.97 Å². The number of halogens is 1. The molecule has 0 N–H and O–H groups in total. The smallest absolute Gasteiger partial charge is 0.355 e. The molecule has 0 unspecified atom stereocenters. The number of hydrogen-bond acceptors (Lipinski definition) is 3. The van der Waals surface area contributed by atoms with Crippen LogP contribution in [0.4, 0.5) is 0 Å². The first-order valence-electron chi connectivity index (χ1n) is 9.55. The molecule has 0 saturated carbocycles. The number of methoxy groups -OCH3 is 1. The summed E-state index contributed by atoms with van der Waals surface area (Å²) in [4.78, 5) is 26.4. The molecule has 1 heterocycles. The van der Waals surface area contributed by atoms with Crippen LogP contribution in [0.25, 0.3) is 21.9 Å². The molecule has 150 valence electrons.